The molecule has 0 saturated heterocycles. The summed E-state index contributed by atoms with van der Waals surface area (Å²) < 4.78 is 1.66. The minimum atomic E-state index is -0.200. The van der Waals surface area contributed by atoms with Crippen LogP contribution in [0, 0.1) is 13.8 Å². The first-order valence-electron chi connectivity index (χ1n) is 9.97. The van der Waals surface area contributed by atoms with Gasteiger partial charge in [0.05, 0.1) is 15.7 Å². The lowest BCUT2D eigenvalue weighted by atomic mass is 10.0. The normalized spacial score (nSPS) is 11.3. The molecule has 0 fully saturated rings. The van der Waals surface area contributed by atoms with Gasteiger partial charge in [-0.25, -0.2) is 4.98 Å². The minimum Gasteiger partial charge on any atom is -0.307 e. The molecule has 0 spiro atoms. The summed E-state index contributed by atoms with van der Waals surface area (Å²) in [4.78, 5) is 33.2. The van der Waals surface area contributed by atoms with Crippen molar-refractivity contribution < 1.29 is 4.79 Å². The maximum absolute atomic E-state index is 12.6. The largest absolute Gasteiger partial charge is 0.307 e. The SMILES string of the molecule is Cc1nn(C)c2[nH]c(=O)c(CCC(=O)Nc3ncc(Cc4cccc(Cl)c4Cl)s3)c(C)c12. The van der Waals surface area contributed by atoms with E-state index in [0.29, 0.717) is 39.2 Å². The quantitative estimate of drug-likeness (QED) is 0.406. The molecule has 3 aromatic heterocycles. The Balaban J connectivity index is 1.43. The van der Waals surface area contributed by atoms with Gasteiger partial charge in [0.25, 0.3) is 5.56 Å². The fraction of sp³-hybridized carbons (Fsp3) is 0.273. The van der Waals surface area contributed by atoms with Crippen molar-refractivity contribution in [1.82, 2.24) is 19.7 Å². The number of thiazole rings is 1. The fourth-order valence-corrected chi connectivity index (χ4v) is 5.03. The number of halogens is 2. The van der Waals surface area contributed by atoms with Crippen LogP contribution in [-0.2, 0) is 24.7 Å². The number of aromatic nitrogens is 4. The number of hydrogen-bond donors (Lipinski definition) is 2. The first-order chi connectivity index (χ1) is 15.2. The molecule has 2 N–H and O–H groups in total. The van der Waals surface area contributed by atoms with Crippen LogP contribution in [0.1, 0.15) is 33.7 Å². The number of pyridine rings is 1. The van der Waals surface area contributed by atoms with Gasteiger partial charge >= 0.3 is 0 Å². The highest BCUT2D eigenvalue weighted by Gasteiger charge is 2.16. The molecule has 32 heavy (non-hydrogen) atoms. The zero-order valence-electron chi connectivity index (χ0n) is 17.8. The molecule has 7 nitrogen and oxygen atoms in total. The van der Waals surface area contributed by atoms with E-state index in [4.69, 9.17) is 23.2 Å². The van der Waals surface area contributed by atoms with Crippen LogP contribution in [0.25, 0.3) is 11.0 Å². The third kappa shape index (κ3) is 4.44. The van der Waals surface area contributed by atoms with Gasteiger partial charge in [-0.05, 0) is 37.5 Å². The Hall–Kier alpha value is -2.68. The average Bonchev–Trinajstić information content (AvgIpc) is 3.28. The predicted molar refractivity (Wildman–Crippen MR) is 129 cm³/mol. The molecule has 10 heteroatoms. The number of fused-ring (bicyclic) bond motifs is 1. The lowest BCUT2D eigenvalue weighted by Gasteiger charge is -2.07. The lowest BCUT2D eigenvalue weighted by molar-refractivity contribution is -0.116. The summed E-state index contributed by atoms with van der Waals surface area (Å²) in [7, 11) is 1.79. The van der Waals surface area contributed by atoms with E-state index in [1.807, 2.05) is 26.0 Å². The summed E-state index contributed by atoms with van der Waals surface area (Å²) in [5.74, 6) is -0.200. The Labute approximate surface area is 198 Å². The van der Waals surface area contributed by atoms with E-state index in [2.05, 4.69) is 20.4 Å². The van der Waals surface area contributed by atoms with Crippen molar-refractivity contribution in [2.45, 2.75) is 33.1 Å². The highest BCUT2D eigenvalue weighted by Crippen LogP contribution is 2.29. The second kappa shape index (κ2) is 9.05. The highest BCUT2D eigenvalue weighted by atomic mass is 35.5. The highest BCUT2D eigenvalue weighted by molar-refractivity contribution is 7.15. The summed E-state index contributed by atoms with van der Waals surface area (Å²) in [6.07, 6.45) is 2.79. The maximum Gasteiger partial charge on any atom is 0.253 e. The topological polar surface area (TPSA) is 92.7 Å². The molecule has 0 atom stereocenters. The fourth-order valence-electron chi connectivity index (χ4n) is 3.80. The molecule has 0 saturated carbocycles. The van der Waals surface area contributed by atoms with E-state index < -0.39 is 0 Å². The Morgan fingerprint density at radius 1 is 1.28 bits per heavy atom. The monoisotopic (exact) mass is 489 g/mol. The number of aromatic amines is 1. The van der Waals surface area contributed by atoms with E-state index in [9.17, 15) is 9.59 Å². The van der Waals surface area contributed by atoms with Gasteiger partial charge in [0.15, 0.2) is 5.13 Å². The van der Waals surface area contributed by atoms with E-state index >= 15 is 0 Å². The van der Waals surface area contributed by atoms with Crippen LogP contribution < -0.4 is 10.9 Å². The third-order valence-corrected chi connectivity index (χ3v) is 7.12. The molecule has 1 aromatic carbocycles. The molecular weight excluding hydrogens is 469 g/mol. The zero-order chi connectivity index (χ0) is 23.0. The van der Waals surface area contributed by atoms with Gasteiger partial charge in [0, 0.05) is 41.9 Å². The first kappa shape index (κ1) is 22.5. The van der Waals surface area contributed by atoms with Crippen molar-refractivity contribution in [1.29, 1.82) is 0 Å². The number of nitrogens with one attached hydrogen (secondary N) is 2. The minimum absolute atomic E-state index is 0.170. The lowest BCUT2D eigenvalue weighted by Crippen LogP contribution is -2.19. The molecule has 4 rings (SSSR count). The van der Waals surface area contributed by atoms with Crippen LogP contribution in [0.4, 0.5) is 5.13 Å². The van der Waals surface area contributed by atoms with Gasteiger partial charge in [-0.15, -0.1) is 11.3 Å². The molecule has 0 radical (unpaired) electrons. The van der Waals surface area contributed by atoms with Gasteiger partial charge in [-0.1, -0.05) is 35.3 Å². The first-order valence-corrected chi connectivity index (χ1v) is 11.5. The molecule has 0 aliphatic rings. The molecule has 0 aliphatic heterocycles. The van der Waals surface area contributed by atoms with Gasteiger partial charge < -0.3 is 10.3 Å². The number of hydrogen-bond acceptors (Lipinski definition) is 5. The number of anilines is 1. The van der Waals surface area contributed by atoms with Gasteiger partial charge in [-0.2, -0.15) is 5.10 Å². The summed E-state index contributed by atoms with van der Waals surface area (Å²) in [5.41, 5.74) is 3.69. The van der Waals surface area contributed by atoms with Crippen molar-refractivity contribution in [2.24, 2.45) is 7.05 Å². The number of rotatable bonds is 6. The van der Waals surface area contributed by atoms with Crippen molar-refractivity contribution in [3.8, 4) is 0 Å². The van der Waals surface area contributed by atoms with Crippen LogP contribution in [0.5, 0.6) is 0 Å². The summed E-state index contributed by atoms with van der Waals surface area (Å²) >= 11 is 13.7. The van der Waals surface area contributed by atoms with Gasteiger partial charge in [-0.3, -0.25) is 14.3 Å². The average molecular weight is 490 g/mol. The maximum atomic E-state index is 12.6. The predicted octanol–water partition coefficient (Wildman–Crippen LogP) is 4.80. The van der Waals surface area contributed by atoms with Crippen LogP contribution in [0.3, 0.4) is 0 Å². The van der Waals surface area contributed by atoms with E-state index in [0.717, 1.165) is 27.1 Å². The number of benzene rings is 1. The standard InChI is InChI=1S/C22H21Cl2N5O2S/c1-11-15(21(31)27-20-18(11)12(2)28-29(20)3)7-8-17(30)26-22-25-10-14(32-22)9-13-5-4-6-16(23)19(13)24/h4-6,10H,7-9H2,1-3H3,(H,27,31)(H,25,26,30). The van der Waals surface area contributed by atoms with E-state index in [1.165, 1.54) is 11.3 Å². The smallest absolute Gasteiger partial charge is 0.253 e. The van der Waals surface area contributed by atoms with E-state index in [-0.39, 0.29) is 17.9 Å². The number of H-pyrrole nitrogens is 1. The Kier molecular flexibility index (Phi) is 6.37. The molecule has 3 heterocycles. The molecule has 1 amide bonds. The molecule has 0 aliphatic carbocycles. The van der Waals surface area contributed by atoms with Crippen molar-refractivity contribution in [3.63, 3.8) is 0 Å². The number of nitrogens with zero attached hydrogens (tertiary/aromatic N) is 3. The second-order valence-electron chi connectivity index (χ2n) is 7.56. The van der Waals surface area contributed by atoms with Crippen molar-refractivity contribution >= 4 is 56.6 Å². The molecular formula is C22H21Cl2N5O2S. The van der Waals surface area contributed by atoms with Crippen molar-refractivity contribution in [3.05, 3.63) is 72.1 Å². The third-order valence-electron chi connectivity index (χ3n) is 5.35. The van der Waals surface area contributed by atoms with Crippen LogP contribution in [-0.4, -0.2) is 25.7 Å². The van der Waals surface area contributed by atoms with E-state index in [1.54, 1.807) is 24.0 Å². The Morgan fingerprint density at radius 2 is 2.06 bits per heavy atom. The number of aryl methyl sites for hydroxylation is 3. The molecule has 0 bridgehead atoms. The Morgan fingerprint density at radius 3 is 2.84 bits per heavy atom. The second-order valence-corrected chi connectivity index (χ2v) is 9.46. The summed E-state index contributed by atoms with van der Waals surface area (Å²) in [5, 5.41) is 9.65. The number of carbonyl (C=O) groups is 1. The molecule has 0 unspecified atom stereocenters. The molecule has 4 aromatic rings. The Bertz CT molecular complexity index is 1390. The van der Waals surface area contributed by atoms with Crippen LogP contribution in [0.2, 0.25) is 10.0 Å². The van der Waals surface area contributed by atoms with Gasteiger partial charge in [0.2, 0.25) is 5.91 Å². The van der Waals surface area contributed by atoms with Gasteiger partial charge in [0.1, 0.15) is 5.65 Å². The number of carbonyl (C=O) groups excluding carboxylic acids is 1. The van der Waals surface area contributed by atoms with Crippen molar-refractivity contribution in [2.75, 3.05) is 5.32 Å². The zero-order valence-corrected chi connectivity index (χ0v) is 20.1. The summed E-state index contributed by atoms with van der Waals surface area (Å²) in [6.45, 7) is 3.80. The number of amides is 1. The molecule has 166 valence electrons. The summed E-state index contributed by atoms with van der Waals surface area (Å²) in [6, 6.07) is 5.50. The van der Waals surface area contributed by atoms with Crippen LogP contribution >= 0.6 is 34.5 Å². The van der Waals surface area contributed by atoms with Crippen LogP contribution in [0.15, 0.2) is 29.2 Å².